The lowest BCUT2D eigenvalue weighted by Crippen LogP contribution is -2.14. The molecule has 0 unspecified atom stereocenters. The molecule has 12 aromatic rings. The predicted octanol–water partition coefficient (Wildman–Crippen LogP) is 15.9. The maximum absolute atomic E-state index is 6.37. The fourth-order valence-corrected chi connectivity index (χ4v) is 10.1. The molecular formula is C59H44N4O. The zero-order valence-corrected chi connectivity index (χ0v) is 36.2. The van der Waals surface area contributed by atoms with Crippen LogP contribution in [0.2, 0.25) is 0 Å². The SMILES string of the molecule is CC1(C)c2ccc(-c3cccc4c5ccccc5n(-c5nc(-c6ccc7ccccc7c6)nc(-c6ccc7c(c6)oc6ccccc67)n5)c34)cc2-c2c1ccc1ccccc21.CCC. The van der Waals surface area contributed by atoms with Crippen molar-refractivity contribution in [1.29, 1.82) is 0 Å². The maximum Gasteiger partial charge on any atom is 0.238 e. The van der Waals surface area contributed by atoms with Crippen molar-refractivity contribution >= 4 is 65.3 Å². The van der Waals surface area contributed by atoms with Gasteiger partial charge in [0.15, 0.2) is 11.6 Å². The molecule has 0 bridgehead atoms. The van der Waals surface area contributed by atoms with Crippen LogP contribution in [-0.2, 0) is 5.41 Å². The summed E-state index contributed by atoms with van der Waals surface area (Å²) in [6.07, 6.45) is 1.25. The summed E-state index contributed by atoms with van der Waals surface area (Å²) in [5.41, 5.74) is 13.0. The van der Waals surface area contributed by atoms with Crippen LogP contribution in [0, 0.1) is 0 Å². The van der Waals surface area contributed by atoms with Crippen molar-refractivity contribution < 1.29 is 4.42 Å². The van der Waals surface area contributed by atoms with Crippen LogP contribution >= 0.6 is 0 Å². The van der Waals surface area contributed by atoms with Crippen molar-refractivity contribution in [1.82, 2.24) is 19.5 Å². The molecule has 64 heavy (non-hydrogen) atoms. The Bertz CT molecular complexity index is 3830. The molecular weight excluding hydrogens is 781 g/mol. The normalized spacial score (nSPS) is 12.9. The van der Waals surface area contributed by atoms with Gasteiger partial charge < -0.3 is 4.42 Å². The third-order valence-corrected chi connectivity index (χ3v) is 13.0. The molecule has 5 nitrogen and oxygen atoms in total. The van der Waals surface area contributed by atoms with E-state index in [0.29, 0.717) is 17.6 Å². The van der Waals surface area contributed by atoms with Crippen molar-refractivity contribution in [3.05, 3.63) is 193 Å². The Morgan fingerprint density at radius 1 is 0.453 bits per heavy atom. The Labute approximate surface area is 371 Å². The summed E-state index contributed by atoms with van der Waals surface area (Å²) >= 11 is 0. The van der Waals surface area contributed by atoms with Crippen LogP contribution < -0.4 is 0 Å². The molecule has 0 atom stereocenters. The van der Waals surface area contributed by atoms with Crippen LogP contribution in [-0.4, -0.2) is 19.5 Å². The average Bonchev–Trinajstić information content (AvgIpc) is 3.96. The van der Waals surface area contributed by atoms with E-state index in [1.807, 2.05) is 18.2 Å². The zero-order valence-electron chi connectivity index (χ0n) is 36.2. The fraction of sp³-hybridized carbons (Fsp3) is 0.102. The molecule has 0 spiro atoms. The fourth-order valence-electron chi connectivity index (χ4n) is 10.1. The number of nitrogens with zero attached hydrogens (tertiary/aromatic N) is 4. The van der Waals surface area contributed by atoms with E-state index >= 15 is 0 Å². The lowest BCUT2D eigenvalue weighted by atomic mass is 9.82. The van der Waals surface area contributed by atoms with E-state index in [9.17, 15) is 0 Å². The monoisotopic (exact) mass is 824 g/mol. The van der Waals surface area contributed by atoms with E-state index in [1.54, 1.807) is 0 Å². The molecule has 0 radical (unpaired) electrons. The second kappa shape index (κ2) is 14.6. The molecule has 0 amide bonds. The third kappa shape index (κ3) is 5.81. The predicted molar refractivity (Wildman–Crippen MR) is 266 cm³/mol. The van der Waals surface area contributed by atoms with Crippen LogP contribution in [0.3, 0.4) is 0 Å². The van der Waals surface area contributed by atoms with Crippen molar-refractivity contribution in [2.75, 3.05) is 0 Å². The quantitative estimate of drug-likeness (QED) is 0.177. The van der Waals surface area contributed by atoms with E-state index < -0.39 is 0 Å². The summed E-state index contributed by atoms with van der Waals surface area (Å²) in [7, 11) is 0. The van der Waals surface area contributed by atoms with Crippen LogP contribution in [0.1, 0.15) is 45.2 Å². The summed E-state index contributed by atoms with van der Waals surface area (Å²) in [6, 6.07) is 64.9. The van der Waals surface area contributed by atoms with Gasteiger partial charge in [0.1, 0.15) is 11.2 Å². The third-order valence-electron chi connectivity index (χ3n) is 13.0. The summed E-state index contributed by atoms with van der Waals surface area (Å²) in [5.74, 6) is 1.72. The summed E-state index contributed by atoms with van der Waals surface area (Å²) < 4.78 is 8.62. The zero-order chi connectivity index (χ0) is 43.1. The highest BCUT2D eigenvalue weighted by atomic mass is 16.3. The Kier molecular flexibility index (Phi) is 8.63. The van der Waals surface area contributed by atoms with E-state index in [0.717, 1.165) is 76.8 Å². The molecule has 306 valence electrons. The second-order valence-corrected chi connectivity index (χ2v) is 17.5. The Morgan fingerprint density at radius 3 is 1.89 bits per heavy atom. The minimum absolute atomic E-state index is 0.125. The van der Waals surface area contributed by atoms with Crippen LogP contribution in [0.5, 0.6) is 0 Å². The number of aromatic nitrogens is 4. The number of hydrogen-bond acceptors (Lipinski definition) is 4. The van der Waals surface area contributed by atoms with Crippen molar-refractivity contribution in [2.24, 2.45) is 0 Å². The van der Waals surface area contributed by atoms with Crippen LogP contribution in [0.25, 0.3) is 116 Å². The van der Waals surface area contributed by atoms with Gasteiger partial charge >= 0.3 is 0 Å². The molecule has 5 heteroatoms. The van der Waals surface area contributed by atoms with E-state index in [1.165, 1.54) is 39.4 Å². The first kappa shape index (κ1) is 37.8. The average molecular weight is 825 g/mol. The van der Waals surface area contributed by atoms with Gasteiger partial charge in [-0.15, -0.1) is 0 Å². The first-order valence-corrected chi connectivity index (χ1v) is 22.3. The highest BCUT2D eigenvalue weighted by molar-refractivity contribution is 6.14. The molecule has 1 aliphatic carbocycles. The first-order chi connectivity index (χ1) is 31.4. The van der Waals surface area contributed by atoms with Gasteiger partial charge in [0, 0.05) is 43.7 Å². The first-order valence-electron chi connectivity index (χ1n) is 22.3. The Hall–Kier alpha value is -7.89. The van der Waals surface area contributed by atoms with Gasteiger partial charge in [0.25, 0.3) is 0 Å². The molecule has 3 aromatic heterocycles. The van der Waals surface area contributed by atoms with E-state index in [-0.39, 0.29) is 5.41 Å². The Balaban J connectivity index is 0.00000141. The smallest absolute Gasteiger partial charge is 0.238 e. The van der Waals surface area contributed by atoms with Crippen LogP contribution in [0.4, 0.5) is 0 Å². The molecule has 3 heterocycles. The number of furan rings is 1. The van der Waals surface area contributed by atoms with Gasteiger partial charge in [0.2, 0.25) is 5.95 Å². The second-order valence-electron chi connectivity index (χ2n) is 17.5. The lowest BCUT2D eigenvalue weighted by Gasteiger charge is -2.21. The molecule has 1 aliphatic rings. The van der Waals surface area contributed by atoms with Crippen molar-refractivity contribution in [2.45, 2.75) is 39.5 Å². The number of fused-ring (bicyclic) bond motifs is 12. The topological polar surface area (TPSA) is 56.7 Å². The summed E-state index contributed by atoms with van der Waals surface area (Å²) in [6.45, 7) is 8.95. The highest BCUT2D eigenvalue weighted by Gasteiger charge is 2.36. The summed E-state index contributed by atoms with van der Waals surface area (Å²) in [4.78, 5) is 16.0. The lowest BCUT2D eigenvalue weighted by molar-refractivity contribution is 0.661. The molecule has 0 saturated heterocycles. The van der Waals surface area contributed by atoms with Crippen molar-refractivity contribution in [3.8, 4) is 51.0 Å². The standard InChI is InChI=1S/C56H36N4O.C3H8/c1-56(2)46-28-26-36(31-45(46)51-39-15-6-5-13-34(39)25-29-47(51)56)40-18-11-19-44-41-16-7-9-20-48(41)60(52(40)44)55-58-53(37-23-22-33-12-3-4-14-35(33)30-37)57-54(59-55)38-24-27-43-42-17-8-10-21-49(42)61-50(43)32-38;1-3-2/h3-32H,1-2H3;3H2,1-2H3. The molecule has 0 N–H and O–H groups in total. The minimum Gasteiger partial charge on any atom is -0.456 e. The van der Waals surface area contributed by atoms with Gasteiger partial charge in [0.05, 0.1) is 11.0 Å². The molecule has 0 saturated carbocycles. The van der Waals surface area contributed by atoms with E-state index in [4.69, 9.17) is 19.4 Å². The number of rotatable bonds is 4. The maximum atomic E-state index is 6.37. The van der Waals surface area contributed by atoms with E-state index in [2.05, 4.69) is 196 Å². The van der Waals surface area contributed by atoms with Crippen LogP contribution in [0.15, 0.2) is 186 Å². The van der Waals surface area contributed by atoms with Crippen molar-refractivity contribution in [3.63, 3.8) is 0 Å². The molecule has 0 aliphatic heterocycles. The number of hydrogen-bond donors (Lipinski definition) is 0. The molecule has 9 aromatic carbocycles. The molecule has 0 fully saturated rings. The Morgan fingerprint density at radius 2 is 1.06 bits per heavy atom. The van der Waals surface area contributed by atoms with Gasteiger partial charge in [-0.1, -0.05) is 180 Å². The van der Waals surface area contributed by atoms with Gasteiger partial charge in [-0.25, -0.2) is 4.98 Å². The van der Waals surface area contributed by atoms with Gasteiger partial charge in [-0.05, 0) is 85.8 Å². The largest absolute Gasteiger partial charge is 0.456 e. The minimum atomic E-state index is -0.125. The van der Waals surface area contributed by atoms with Gasteiger partial charge in [-0.3, -0.25) is 4.57 Å². The number of para-hydroxylation sites is 3. The molecule has 13 rings (SSSR count). The highest BCUT2D eigenvalue weighted by Crippen LogP contribution is 2.52. The van der Waals surface area contributed by atoms with Gasteiger partial charge in [-0.2, -0.15) is 9.97 Å². The summed E-state index contributed by atoms with van der Waals surface area (Å²) in [5, 5.41) is 9.25. The number of benzene rings is 9.